The van der Waals surface area contributed by atoms with Crippen LogP contribution in [0.15, 0.2) is 16.9 Å². The summed E-state index contributed by atoms with van der Waals surface area (Å²) in [4.78, 5) is 4.27. The molecule has 29 heavy (non-hydrogen) atoms. The second-order valence-corrected chi connectivity index (χ2v) is 10.3. The van der Waals surface area contributed by atoms with E-state index in [9.17, 15) is 16.8 Å². The standard InChI is InChI=1S/C14H17BrN6O6S2/c1-20-14(26-5-4-6-27-29(3,24)25)12(17-19-20)10-7-9-11(8-16-10)21(18-13(9)15)28(2,22)23/h7-8H,4-6H2,1-3H3. The van der Waals surface area contributed by atoms with Crippen LogP contribution < -0.4 is 4.74 Å². The van der Waals surface area contributed by atoms with Crippen molar-refractivity contribution in [2.75, 3.05) is 25.7 Å². The summed E-state index contributed by atoms with van der Waals surface area (Å²) in [5.41, 5.74) is 1.06. The maximum Gasteiger partial charge on any atom is 0.264 e. The Labute approximate surface area is 175 Å². The first-order chi connectivity index (χ1) is 13.5. The van der Waals surface area contributed by atoms with E-state index in [-0.39, 0.29) is 13.2 Å². The Morgan fingerprint density at radius 2 is 1.90 bits per heavy atom. The van der Waals surface area contributed by atoms with Crippen LogP contribution in [0.1, 0.15) is 6.42 Å². The maximum absolute atomic E-state index is 11.9. The Morgan fingerprint density at radius 1 is 1.17 bits per heavy atom. The number of aryl methyl sites for hydroxylation is 1. The first-order valence-corrected chi connectivity index (χ1v) is 12.6. The molecular formula is C14H17BrN6O6S2. The molecule has 0 amide bonds. The third-order valence-electron chi connectivity index (χ3n) is 3.65. The normalized spacial score (nSPS) is 12.6. The molecule has 0 aliphatic rings. The number of halogens is 1. The molecule has 0 fully saturated rings. The van der Waals surface area contributed by atoms with Gasteiger partial charge in [-0.15, -0.1) is 10.2 Å². The van der Waals surface area contributed by atoms with Crippen LogP contribution in [0.3, 0.4) is 0 Å². The maximum atomic E-state index is 11.9. The number of hydrogen-bond donors (Lipinski definition) is 0. The van der Waals surface area contributed by atoms with Crippen molar-refractivity contribution < 1.29 is 25.8 Å². The van der Waals surface area contributed by atoms with Gasteiger partial charge in [0.2, 0.25) is 5.88 Å². The Kier molecular flexibility index (Phi) is 5.93. The Balaban J connectivity index is 1.86. The molecule has 0 saturated carbocycles. The zero-order valence-electron chi connectivity index (χ0n) is 15.6. The molecular weight excluding hydrogens is 492 g/mol. The minimum absolute atomic E-state index is 0.0126. The average molecular weight is 509 g/mol. The molecule has 0 radical (unpaired) electrons. The first-order valence-electron chi connectivity index (χ1n) is 8.09. The molecule has 0 atom stereocenters. The van der Waals surface area contributed by atoms with Gasteiger partial charge in [-0.1, -0.05) is 5.21 Å². The smallest absolute Gasteiger partial charge is 0.264 e. The first kappa shape index (κ1) is 21.6. The van der Waals surface area contributed by atoms with Crippen molar-refractivity contribution in [3.63, 3.8) is 0 Å². The van der Waals surface area contributed by atoms with Gasteiger partial charge in [-0.25, -0.2) is 13.1 Å². The summed E-state index contributed by atoms with van der Waals surface area (Å²) in [5.74, 6) is 0.322. The largest absolute Gasteiger partial charge is 0.476 e. The van der Waals surface area contributed by atoms with Crippen molar-refractivity contribution in [1.82, 2.24) is 29.2 Å². The van der Waals surface area contributed by atoms with Gasteiger partial charge in [0.05, 0.1) is 37.6 Å². The zero-order valence-corrected chi connectivity index (χ0v) is 18.8. The van der Waals surface area contributed by atoms with E-state index < -0.39 is 20.1 Å². The SMILES string of the molecule is Cn1nnc(-c2cc3c(Br)nn(S(C)(=O)=O)c3cn2)c1OCCCOS(C)(=O)=O. The second-order valence-electron chi connectivity index (χ2n) is 6.08. The monoisotopic (exact) mass is 508 g/mol. The molecule has 3 heterocycles. The lowest BCUT2D eigenvalue weighted by molar-refractivity contribution is 0.240. The number of pyridine rings is 1. The Hall–Kier alpha value is -2.10. The molecule has 15 heteroatoms. The Bertz CT molecular complexity index is 1270. The fourth-order valence-electron chi connectivity index (χ4n) is 2.44. The van der Waals surface area contributed by atoms with Gasteiger partial charge in [0.15, 0.2) is 5.69 Å². The summed E-state index contributed by atoms with van der Waals surface area (Å²) >= 11 is 3.26. The molecule has 0 N–H and O–H groups in total. The van der Waals surface area contributed by atoms with Gasteiger partial charge >= 0.3 is 0 Å². The summed E-state index contributed by atoms with van der Waals surface area (Å²) < 4.78 is 58.6. The minimum Gasteiger partial charge on any atom is -0.476 e. The summed E-state index contributed by atoms with van der Waals surface area (Å²) in [6, 6.07) is 1.62. The summed E-state index contributed by atoms with van der Waals surface area (Å²) in [7, 11) is -5.46. The van der Waals surface area contributed by atoms with Crippen molar-refractivity contribution in [2.24, 2.45) is 7.05 Å². The van der Waals surface area contributed by atoms with E-state index in [0.717, 1.165) is 16.6 Å². The predicted octanol–water partition coefficient (Wildman–Crippen LogP) is 0.542. The van der Waals surface area contributed by atoms with Crippen LogP contribution in [0.5, 0.6) is 5.88 Å². The number of aromatic nitrogens is 6. The number of hydrogen-bond acceptors (Lipinski definition) is 10. The van der Waals surface area contributed by atoms with Crippen molar-refractivity contribution in [1.29, 1.82) is 0 Å². The molecule has 158 valence electrons. The van der Waals surface area contributed by atoms with Crippen molar-refractivity contribution in [3.05, 3.63) is 16.9 Å². The number of fused-ring (bicyclic) bond motifs is 1. The lowest BCUT2D eigenvalue weighted by Crippen LogP contribution is -2.11. The van der Waals surface area contributed by atoms with Crippen LogP contribution in [0.2, 0.25) is 0 Å². The van der Waals surface area contributed by atoms with Crippen LogP contribution >= 0.6 is 15.9 Å². The molecule has 0 saturated heterocycles. The van der Waals surface area contributed by atoms with Crippen LogP contribution in [-0.4, -0.2) is 71.7 Å². The van der Waals surface area contributed by atoms with Crippen molar-refractivity contribution in [2.45, 2.75) is 6.42 Å². The molecule has 3 rings (SSSR count). The fourth-order valence-corrected chi connectivity index (χ4v) is 4.18. The highest BCUT2D eigenvalue weighted by Gasteiger charge is 2.20. The van der Waals surface area contributed by atoms with E-state index >= 15 is 0 Å². The lowest BCUT2D eigenvalue weighted by Gasteiger charge is -2.07. The molecule has 0 aliphatic heterocycles. The molecule has 3 aromatic rings. The Morgan fingerprint density at radius 3 is 2.55 bits per heavy atom. The number of ether oxygens (including phenoxy) is 1. The van der Waals surface area contributed by atoms with E-state index in [4.69, 9.17) is 4.74 Å². The fraction of sp³-hybridized carbons (Fsp3) is 0.429. The topological polar surface area (TPSA) is 148 Å². The average Bonchev–Trinajstić information content (AvgIpc) is 3.14. The predicted molar refractivity (Wildman–Crippen MR) is 106 cm³/mol. The molecule has 0 aliphatic carbocycles. The highest BCUT2D eigenvalue weighted by Crippen LogP contribution is 2.31. The van der Waals surface area contributed by atoms with Crippen molar-refractivity contribution >= 4 is 47.0 Å². The molecule has 0 spiro atoms. The molecule has 12 nitrogen and oxygen atoms in total. The van der Waals surface area contributed by atoms with Crippen LogP contribution in [0.4, 0.5) is 0 Å². The third kappa shape index (κ3) is 4.91. The molecule has 0 aromatic carbocycles. The van der Waals surface area contributed by atoms with Gasteiger partial charge in [-0.2, -0.15) is 12.5 Å². The van der Waals surface area contributed by atoms with E-state index in [0.29, 0.717) is 39.2 Å². The van der Waals surface area contributed by atoms with Crippen LogP contribution in [-0.2, 0) is 31.4 Å². The second kappa shape index (κ2) is 7.97. The molecule has 0 bridgehead atoms. The number of nitrogens with zero attached hydrogens (tertiary/aromatic N) is 6. The van der Waals surface area contributed by atoms with Gasteiger partial charge in [-0.3, -0.25) is 9.17 Å². The van der Waals surface area contributed by atoms with Gasteiger partial charge in [0.1, 0.15) is 10.1 Å². The summed E-state index contributed by atoms with van der Waals surface area (Å²) in [6.45, 7) is 0.156. The highest BCUT2D eigenvalue weighted by molar-refractivity contribution is 9.10. The van der Waals surface area contributed by atoms with Gasteiger partial charge in [0, 0.05) is 18.9 Å². The quantitative estimate of drug-likeness (QED) is 0.311. The van der Waals surface area contributed by atoms with E-state index in [2.05, 4.69) is 40.5 Å². The van der Waals surface area contributed by atoms with E-state index in [1.54, 1.807) is 13.1 Å². The van der Waals surface area contributed by atoms with Crippen molar-refractivity contribution in [3.8, 4) is 17.3 Å². The highest BCUT2D eigenvalue weighted by atomic mass is 79.9. The van der Waals surface area contributed by atoms with E-state index in [1.807, 2.05) is 0 Å². The lowest BCUT2D eigenvalue weighted by atomic mass is 10.2. The van der Waals surface area contributed by atoms with Crippen LogP contribution in [0.25, 0.3) is 22.3 Å². The third-order valence-corrected chi connectivity index (χ3v) is 5.73. The van der Waals surface area contributed by atoms with Gasteiger partial charge in [0.25, 0.3) is 20.1 Å². The minimum atomic E-state index is -3.59. The number of rotatable bonds is 8. The summed E-state index contributed by atoms with van der Waals surface area (Å²) in [5, 5.41) is 12.5. The summed E-state index contributed by atoms with van der Waals surface area (Å²) in [6.07, 6.45) is 3.73. The van der Waals surface area contributed by atoms with Gasteiger partial charge in [-0.05, 0) is 22.0 Å². The van der Waals surface area contributed by atoms with E-state index in [1.165, 1.54) is 10.9 Å². The van der Waals surface area contributed by atoms with Crippen LogP contribution in [0, 0.1) is 0 Å². The van der Waals surface area contributed by atoms with Gasteiger partial charge < -0.3 is 4.74 Å². The molecule has 0 unspecified atom stereocenters. The molecule has 3 aromatic heterocycles. The zero-order chi connectivity index (χ0) is 21.4.